The largest absolute Gasteiger partial charge is 0.310 e. The minimum absolute atomic E-state index is 1.13. The van der Waals surface area contributed by atoms with E-state index in [1.54, 1.807) is 0 Å². The summed E-state index contributed by atoms with van der Waals surface area (Å²) in [5.74, 6) is 0. The van der Waals surface area contributed by atoms with E-state index in [9.17, 15) is 0 Å². The van der Waals surface area contributed by atoms with E-state index in [0.29, 0.717) is 0 Å². The molecule has 8 aromatic carbocycles. The summed E-state index contributed by atoms with van der Waals surface area (Å²) in [6, 6.07) is 77.9. The molecule has 0 N–H and O–H groups in total. The van der Waals surface area contributed by atoms with Crippen molar-refractivity contribution in [3.8, 4) is 33.4 Å². The molecule has 236 valence electrons. The molecule has 0 aliphatic carbocycles. The average Bonchev–Trinajstić information content (AvgIpc) is 3.52. The van der Waals surface area contributed by atoms with Gasteiger partial charge in [-0.1, -0.05) is 182 Å². The average molecular weight is 654 g/mol. The number of hydrogen-bond donors (Lipinski definition) is 0. The van der Waals surface area contributed by atoms with Crippen molar-refractivity contribution < 1.29 is 0 Å². The maximum Gasteiger partial charge on any atom is 0.180 e. The second-order valence-corrected chi connectivity index (χ2v) is 16.6. The van der Waals surface area contributed by atoms with Crippen molar-refractivity contribution >= 4 is 45.9 Å². The lowest BCUT2D eigenvalue weighted by Gasteiger charge is -2.32. The van der Waals surface area contributed by atoms with Gasteiger partial charge in [0.05, 0.1) is 5.69 Å². The fraction of sp³-hybridized carbons (Fsp3) is 0. The molecule has 0 bridgehead atoms. The first-order valence-electron chi connectivity index (χ1n) is 17.3. The third-order valence-corrected chi connectivity index (χ3v) is 15.0. The minimum Gasteiger partial charge on any atom is -0.310 e. The zero-order valence-corrected chi connectivity index (χ0v) is 28.7. The zero-order chi connectivity index (χ0) is 33.3. The third kappa shape index (κ3) is 4.92. The fourth-order valence-corrected chi connectivity index (χ4v) is 13.1. The van der Waals surface area contributed by atoms with Gasteiger partial charge in [0.25, 0.3) is 0 Å². The van der Waals surface area contributed by atoms with Gasteiger partial charge in [0.1, 0.15) is 0 Å². The van der Waals surface area contributed by atoms with Crippen LogP contribution in [0.3, 0.4) is 0 Å². The first-order chi connectivity index (χ1) is 24.8. The smallest absolute Gasteiger partial charge is 0.180 e. The van der Waals surface area contributed by atoms with Gasteiger partial charge in [-0.15, -0.1) is 0 Å². The Balaban J connectivity index is 1.29. The molecule has 0 atom stereocenters. The molecule has 1 aliphatic heterocycles. The fourth-order valence-electron chi connectivity index (χ4n) is 7.95. The number of anilines is 3. The van der Waals surface area contributed by atoms with E-state index < -0.39 is 8.07 Å². The summed E-state index contributed by atoms with van der Waals surface area (Å²) in [5, 5.41) is 5.68. The second kappa shape index (κ2) is 12.7. The molecule has 1 aliphatic rings. The van der Waals surface area contributed by atoms with Crippen molar-refractivity contribution in [3.05, 3.63) is 212 Å². The molecule has 0 fully saturated rings. The van der Waals surface area contributed by atoms with Gasteiger partial charge in [0, 0.05) is 16.9 Å². The molecule has 8 aromatic rings. The molecule has 0 amide bonds. The lowest BCUT2D eigenvalue weighted by Crippen LogP contribution is -2.72. The number of nitrogens with zero attached hydrogens (tertiary/aromatic N) is 1. The number of benzene rings is 8. The van der Waals surface area contributed by atoms with Crippen LogP contribution in [-0.4, -0.2) is 8.07 Å². The minimum atomic E-state index is -2.64. The Bertz CT molecular complexity index is 2260. The van der Waals surface area contributed by atoms with Gasteiger partial charge in [-0.2, -0.15) is 0 Å². The van der Waals surface area contributed by atoms with Gasteiger partial charge in [0.2, 0.25) is 0 Å². The molecule has 0 aromatic heterocycles. The standard InChI is InChI=1S/C48H35NSi/c1-5-16-36(17-6-1)38-28-32-40(33-29-38)49(41-34-30-39(31-35-41)37-18-7-2-8-19-37)45-25-15-27-47-48(45)44-24-13-14-26-46(44)50(47,42-20-9-3-10-21-42)43-22-11-4-12-23-43/h1-35H. The van der Waals surface area contributed by atoms with Crippen LogP contribution in [0.25, 0.3) is 33.4 Å². The molecule has 0 radical (unpaired) electrons. The van der Waals surface area contributed by atoms with Crippen molar-refractivity contribution in [3.63, 3.8) is 0 Å². The predicted molar refractivity (Wildman–Crippen MR) is 215 cm³/mol. The SMILES string of the molecule is c1ccc(-c2ccc(N(c3ccc(-c4ccccc4)cc3)c3cccc4c3-c3ccccc3[Si]4(c3ccccc3)c3ccccc3)cc2)cc1. The van der Waals surface area contributed by atoms with Gasteiger partial charge >= 0.3 is 0 Å². The Morgan fingerprint density at radius 1 is 0.300 bits per heavy atom. The highest BCUT2D eigenvalue weighted by molar-refractivity contribution is 7.22. The molecule has 9 rings (SSSR count). The molecule has 0 saturated heterocycles. The van der Waals surface area contributed by atoms with Crippen LogP contribution in [0.5, 0.6) is 0 Å². The maximum absolute atomic E-state index is 2.64. The molecule has 0 spiro atoms. The monoisotopic (exact) mass is 653 g/mol. The molecular formula is C48H35NSi. The lowest BCUT2D eigenvalue weighted by molar-refractivity contribution is 1.29. The predicted octanol–water partition coefficient (Wildman–Crippen LogP) is 9.85. The third-order valence-electron chi connectivity index (χ3n) is 10.2. The molecule has 0 saturated carbocycles. The Kier molecular flexibility index (Phi) is 7.57. The Morgan fingerprint density at radius 3 is 1.20 bits per heavy atom. The Labute approximate surface area is 295 Å². The van der Waals surface area contributed by atoms with Crippen molar-refractivity contribution in [1.82, 2.24) is 0 Å². The van der Waals surface area contributed by atoms with Crippen molar-refractivity contribution in [2.45, 2.75) is 0 Å². The van der Waals surface area contributed by atoms with Crippen LogP contribution in [0.4, 0.5) is 17.1 Å². The van der Waals surface area contributed by atoms with E-state index in [2.05, 4.69) is 217 Å². The van der Waals surface area contributed by atoms with Crippen LogP contribution in [0.1, 0.15) is 0 Å². The van der Waals surface area contributed by atoms with Gasteiger partial charge in [-0.05, 0) is 78.9 Å². The lowest BCUT2D eigenvalue weighted by atomic mass is 10.0. The highest BCUT2D eigenvalue weighted by atomic mass is 28.3. The van der Waals surface area contributed by atoms with E-state index >= 15 is 0 Å². The number of hydrogen-bond acceptors (Lipinski definition) is 1. The number of fused-ring (bicyclic) bond motifs is 3. The second-order valence-electron chi connectivity index (χ2n) is 12.9. The summed E-state index contributed by atoms with van der Waals surface area (Å²) in [7, 11) is -2.64. The Morgan fingerprint density at radius 2 is 0.700 bits per heavy atom. The molecular weight excluding hydrogens is 619 g/mol. The Hall–Kier alpha value is -6.22. The van der Waals surface area contributed by atoms with Crippen LogP contribution in [0.2, 0.25) is 0 Å². The van der Waals surface area contributed by atoms with Crippen molar-refractivity contribution in [1.29, 1.82) is 0 Å². The van der Waals surface area contributed by atoms with Crippen LogP contribution in [-0.2, 0) is 0 Å². The van der Waals surface area contributed by atoms with Gasteiger partial charge in [-0.25, -0.2) is 0 Å². The van der Waals surface area contributed by atoms with Crippen LogP contribution >= 0.6 is 0 Å². The van der Waals surface area contributed by atoms with Gasteiger partial charge in [-0.3, -0.25) is 0 Å². The van der Waals surface area contributed by atoms with E-state index in [0.717, 1.165) is 11.4 Å². The highest BCUT2D eigenvalue weighted by Crippen LogP contribution is 2.43. The summed E-state index contributed by atoms with van der Waals surface area (Å²) < 4.78 is 0. The highest BCUT2D eigenvalue weighted by Gasteiger charge is 2.49. The van der Waals surface area contributed by atoms with Crippen LogP contribution < -0.4 is 25.6 Å². The number of rotatable bonds is 7. The zero-order valence-electron chi connectivity index (χ0n) is 27.7. The molecule has 0 unspecified atom stereocenters. The van der Waals surface area contributed by atoms with E-state index in [-0.39, 0.29) is 0 Å². The maximum atomic E-state index is 2.46. The topological polar surface area (TPSA) is 3.24 Å². The van der Waals surface area contributed by atoms with E-state index in [4.69, 9.17) is 0 Å². The van der Waals surface area contributed by atoms with Crippen molar-refractivity contribution in [2.75, 3.05) is 4.90 Å². The first-order valence-corrected chi connectivity index (χ1v) is 19.3. The van der Waals surface area contributed by atoms with Crippen molar-refractivity contribution in [2.24, 2.45) is 0 Å². The quantitative estimate of drug-likeness (QED) is 0.155. The van der Waals surface area contributed by atoms with E-state index in [1.807, 2.05) is 0 Å². The van der Waals surface area contributed by atoms with E-state index in [1.165, 1.54) is 59.8 Å². The normalized spacial score (nSPS) is 12.6. The molecule has 50 heavy (non-hydrogen) atoms. The molecule has 1 heterocycles. The molecule has 1 nitrogen and oxygen atoms in total. The summed E-state index contributed by atoms with van der Waals surface area (Å²) in [6.45, 7) is 0. The van der Waals surface area contributed by atoms with Gasteiger partial charge < -0.3 is 4.90 Å². The summed E-state index contributed by atoms with van der Waals surface area (Å²) in [6.07, 6.45) is 0. The van der Waals surface area contributed by atoms with Crippen LogP contribution in [0, 0.1) is 0 Å². The summed E-state index contributed by atoms with van der Waals surface area (Å²) in [5.41, 5.74) is 10.9. The molecule has 2 heteroatoms. The first kappa shape index (κ1) is 29.9. The van der Waals surface area contributed by atoms with Crippen LogP contribution in [0.15, 0.2) is 212 Å². The summed E-state index contributed by atoms with van der Waals surface area (Å²) >= 11 is 0. The summed E-state index contributed by atoms with van der Waals surface area (Å²) in [4.78, 5) is 2.46. The van der Waals surface area contributed by atoms with Gasteiger partial charge in [0.15, 0.2) is 8.07 Å².